The largest absolute Gasteiger partial charge is 0.481 e. The third-order valence-corrected chi connectivity index (χ3v) is 3.53. The van der Waals surface area contributed by atoms with Crippen LogP contribution in [-0.4, -0.2) is 50.3 Å². The van der Waals surface area contributed by atoms with Crippen LogP contribution in [0.3, 0.4) is 0 Å². The van der Waals surface area contributed by atoms with E-state index in [1.54, 1.807) is 13.8 Å². The van der Waals surface area contributed by atoms with Crippen LogP contribution in [0, 0.1) is 25.7 Å². The van der Waals surface area contributed by atoms with Gasteiger partial charge in [0.05, 0.1) is 17.3 Å². The van der Waals surface area contributed by atoms with E-state index >= 15 is 0 Å². The smallest absolute Gasteiger partial charge is 0.324 e. The van der Waals surface area contributed by atoms with Gasteiger partial charge < -0.3 is 10.0 Å². The van der Waals surface area contributed by atoms with E-state index in [2.05, 4.69) is 20.5 Å². The molecule has 20 heavy (non-hydrogen) atoms. The molecule has 0 saturated carbocycles. The van der Waals surface area contributed by atoms with Gasteiger partial charge in [0.25, 0.3) is 5.95 Å². The lowest BCUT2D eigenvalue weighted by Crippen LogP contribution is -2.34. The fraction of sp³-hybridized carbons (Fsp3) is 0.583. The van der Waals surface area contributed by atoms with Gasteiger partial charge in [-0.1, -0.05) is 6.92 Å². The molecule has 2 atom stereocenters. The van der Waals surface area contributed by atoms with E-state index in [4.69, 9.17) is 5.11 Å². The van der Waals surface area contributed by atoms with Gasteiger partial charge in [0, 0.05) is 13.1 Å². The van der Waals surface area contributed by atoms with Crippen molar-refractivity contribution in [3.8, 4) is 0 Å². The lowest BCUT2D eigenvalue weighted by Gasteiger charge is -2.15. The highest BCUT2D eigenvalue weighted by atomic mass is 16.4. The van der Waals surface area contributed by atoms with Crippen molar-refractivity contribution in [2.24, 2.45) is 11.8 Å². The highest BCUT2D eigenvalue weighted by molar-refractivity contribution is 5.88. The summed E-state index contributed by atoms with van der Waals surface area (Å²) in [4.78, 5) is 28.6. The lowest BCUT2D eigenvalue weighted by molar-refractivity contribution is -0.142. The second-order valence-electron chi connectivity index (χ2n) is 5.06. The number of anilines is 1. The molecule has 8 nitrogen and oxygen atoms in total. The minimum Gasteiger partial charge on any atom is -0.481 e. The van der Waals surface area contributed by atoms with Crippen LogP contribution < -0.4 is 5.32 Å². The molecule has 0 aliphatic carbocycles. The molecule has 0 spiro atoms. The van der Waals surface area contributed by atoms with E-state index in [0.29, 0.717) is 17.9 Å². The summed E-state index contributed by atoms with van der Waals surface area (Å²) < 4.78 is 0. The van der Waals surface area contributed by atoms with Gasteiger partial charge in [-0.3, -0.25) is 10.1 Å². The summed E-state index contributed by atoms with van der Waals surface area (Å²) in [7, 11) is 0. The third-order valence-electron chi connectivity index (χ3n) is 3.53. The molecule has 1 aliphatic heterocycles. The minimum atomic E-state index is -0.878. The lowest BCUT2D eigenvalue weighted by atomic mass is 9.99. The van der Waals surface area contributed by atoms with Crippen molar-refractivity contribution in [2.75, 3.05) is 18.4 Å². The molecule has 0 radical (unpaired) electrons. The van der Waals surface area contributed by atoms with Gasteiger partial charge in [-0.15, -0.1) is 5.10 Å². The Kier molecular flexibility index (Phi) is 3.82. The molecule has 2 N–H and O–H groups in total. The monoisotopic (exact) mass is 279 g/mol. The molecule has 0 bridgehead atoms. The fourth-order valence-electron chi connectivity index (χ4n) is 2.14. The fourth-order valence-corrected chi connectivity index (χ4v) is 2.14. The standard InChI is InChI=1S/C12H17N5O3/c1-6-4-17(5-9(6)10(18)19)12(20)14-11-13-7(2)8(3)15-16-11/h6,9H,4-5H2,1-3H3,(H,18,19)(H,13,14,16,20)/t6-,9-/m1/s1. The number of aliphatic carboxylic acids is 1. The van der Waals surface area contributed by atoms with Gasteiger partial charge in [-0.05, 0) is 19.8 Å². The first-order chi connectivity index (χ1) is 9.38. The summed E-state index contributed by atoms with van der Waals surface area (Å²) >= 11 is 0. The SMILES string of the molecule is Cc1nnc(NC(=O)N2C[C@@H](C)[C@H](C(=O)O)C2)nc1C. The van der Waals surface area contributed by atoms with Crippen molar-refractivity contribution in [1.82, 2.24) is 20.1 Å². The van der Waals surface area contributed by atoms with E-state index < -0.39 is 17.9 Å². The van der Waals surface area contributed by atoms with Gasteiger partial charge in [-0.25, -0.2) is 9.78 Å². The average molecular weight is 279 g/mol. The summed E-state index contributed by atoms with van der Waals surface area (Å²) in [6.07, 6.45) is 0. The molecular formula is C12H17N5O3. The summed E-state index contributed by atoms with van der Waals surface area (Å²) in [5.41, 5.74) is 1.39. The number of carboxylic acid groups (broad SMARTS) is 1. The van der Waals surface area contributed by atoms with Gasteiger partial charge in [-0.2, -0.15) is 5.10 Å². The molecule has 1 fully saturated rings. The minimum absolute atomic E-state index is 0.0722. The second-order valence-corrected chi connectivity index (χ2v) is 5.06. The number of hydrogen-bond donors (Lipinski definition) is 2. The Balaban J connectivity index is 2.02. The van der Waals surface area contributed by atoms with Gasteiger partial charge >= 0.3 is 12.0 Å². The zero-order valence-electron chi connectivity index (χ0n) is 11.6. The van der Waals surface area contributed by atoms with Crippen molar-refractivity contribution in [3.63, 3.8) is 0 Å². The molecule has 1 aromatic rings. The molecule has 108 valence electrons. The number of aromatic nitrogens is 3. The topological polar surface area (TPSA) is 108 Å². The number of carboxylic acids is 1. The number of carbonyl (C=O) groups is 2. The highest BCUT2D eigenvalue weighted by Gasteiger charge is 2.37. The maximum absolute atomic E-state index is 12.0. The first-order valence-electron chi connectivity index (χ1n) is 6.35. The number of likely N-dealkylation sites (tertiary alicyclic amines) is 1. The number of rotatable bonds is 2. The second kappa shape index (κ2) is 5.40. The average Bonchev–Trinajstić information content (AvgIpc) is 2.76. The molecule has 1 aromatic heterocycles. The van der Waals surface area contributed by atoms with Crippen LogP contribution >= 0.6 is 0 Å². The maximum atomic E-state index is 12.0. The molecule has 1 saturated heterocycles. The summed E-state index contributed by atoms with van der Waals surface area (Å²) in [6.45, 7) is 5.97. The third kappa shape index (κ3) is 2.84. The number of nitrogens with one attached hydrogen (secondary N) is 1. The number of hydrogen-bond acceptors (Lipinski definition) is 5. The number of amides is 2. The predicted octanol–water partition coefficient (Wildman–Crippen LogP) is 0.673. The van der Waals surface area contributed by atoms with Gasteiger partial charge in [0.15, 0.2) is 0 Å². The van der Waals surface area contributed by atoms with Crippen molar-refractivity contribution in [2.45, 2.75) is 20.8 Å². The Bertz CT molecular complexity index is 548. The molecular weight excluding hydrogens is 262 g/mol. The van der Waals surface area contributed by atoms with Crippen LogP contribution in [0.25, 0.3) is 0 Å². The molecule has 2 rings (SSSR count). The number of aryl methyl sites for hydroxylation is 2. The molecule has 2 amide bonds. The Labute approximate surface area is 116 Å². The van der Waals surface area contributed by atoms with Crippen LogP contribution in [0.2, 0.25) is 0 Å². The normalized spacial score (nSPS) is 21.9. The summed E-state index contributed by atoms with van der Waals surface area (Å²) in [6, 6.07) is -0.398. The van der Waals surface area contributed by atoms with Gasteiger partial charge in [0.1, 0.15) is 0 Å². The highest BCUT2D eigenvalue weighted by Crippen LogP contribution is 2.23. The van der Waals surface area contributed by atoms with Gasteiger partial charge in [0.2, 0.25) is 0 Å². The summed E-state index contributed by atoms with van der Waals surface area (Å²) in [5.74, 6) is -1.35. The zero-order chi connectivity index (χ0) is 14.9. The van der Waals surface area contributed by atoms with Crippen LogP contribution in [-0.2, 0) is 4.79 Å². The molecule has 0 unspecified atom stereocenters. The van der Waals surface area contributed by atoms with Crippen molar-refractivity contribution in [3.05, 3.63) is 11.4 Å². The zero-order valence-corrected chi connectivity index (χ0v) is 11.6. The van der Waals surface area contributed by atoms with Crippen LogP contribution in [0.1, 0.15) is 18.3 Å². The van der Waals surface area contributed by atoms with E-state index in [9.17, 15) is 9.59 Å². The Morgan fingerprint density at radius 2 is 1.95 bits per heavy atom. The van der Waals surface area contributed by atoms with E-state index in [1.165, 1.54) is 4.90 Å². The van der Waals surface area contributed by atoms with Crippen molar-refractivity contribution in [1.29, 1.82) is 0 Å². The maximum Gasteiger partial charge on any atom is 0.324 e. The van der Waals surface area contributed by atoms with Crippen LogP contribution in [0.4, 0.5) is 10.7 Å². The molecule has 1 aliphatic rings. The first-order valence-corrected chi connectivity index (χ1v) is 6.35. The number of urea groups is 1. The van der Waals surface area contributed by atoms with Crippen molar-refractivity contribution >= 4 is 17.9 Å². The van der Waals surface area contributed by atoms with E-state index in [0.717, 1.165) is 0 Å². The number of carbonyl (C=O) groups excluding carboxylic acids is 1. The molecule has 0 aromatic carbocycles. The Hall–Kier alpha value is -2.25. The predicted molar refractivity (Wildman–Crippen MR) is 70.2 cm³/mol. The van der Waals surface area contributed by atoms with Crippen LogP contribution in [0.5, 0.6) is 0 Å². The Morgan fingerprint density at radius 1 is 1.25 bits per heavy atom. The summed E-state index contributed by atoms with van der Waals surface area (Å²) in [5, 5.41) is 19.3. The quantitative estimate of drug-likeness (QED) is 0.823. The molecule has 2 heterocycles. The van der Waals surface area contributed by atoms with Crippen molar-refractivity contribution < 1.29 is 14.7 Å². The number of nitrogens with zero attached hydrogens (tertiary/aromatic N) is 4. The Morgan fingerprint density at radius 3 is 2.50 bits per heavy atom. The van der Waals surface area contributed by atoms with Crippen LogP contribution in [0.15, 0.2) is 0 Å². The first kappa shape index (κ1) is 14.2. The van der Waals surface area contributed by atoms with E-state index in [-0.39, 0.29) is 18.4 Å². The van der Waals surface area contributed by atoms with E-state index in [1.807, 2.05) is 6.92 Å². The molecule has 8 heteroatoms.